The lowest BCUT2D eigenvalue weighted by atomic mass is 9.93. The van der Waals surface area contributed by atoms with Gasteiger partial charge in [-0.15, -0.1) is 0 Å². The van der Waals surface area contributed by atoms with Crippen molar-refractivity contribution in [3.05, 3.63) is 12.4 Å². The number of carbonyl (C=O) groups excluding carboxylic acids is 1. The van der Waals surface area contributed by atoms with E-state index >= 15 is 0 Å². The van der Waals surface area contributed by atoms with Crippen LogP contribution in [0.2, 0.25) is 0 Å². The Labute approximate surface area is 167 Å². The van der Waals surface area contributed by atoms with Crippen molar-refractivity contribution in [2.75, 3.05) is 29.9 Å². The zero-order valence-electron chi connectivity index (χ0n) is 17.1. The van der Waals surface area contributed by atoms with Gasteiger partial charge in [-0.3, -0.25) is 4.79 Å². The minimum absolute atomic E-state index is 0.220. The predicted octanol–water partition coefficient (Wildman–Crippen LogP) is 2.59. The van der Waals surface area contributed by atoms with Gasteiger partial charge in [-0.2, -0.15) is 0 Å². The number of piperidine rings is 1. The number of anilines is 2. The molecule has 1 aromatic heterocycles. The van der Waals surface area contributed by atoms with Gasteiger partial charge in [-0.25, -0.2) is 9.97 Å². The molecule has 0 radical (unpaired) electrons. The monoisotopic (exact) mass is 387 g/mol. The molecule has 1 amide bonds. The van der Waals surface area contributed by atoms with E-state index in [1.54, 1.807) is 6.33 Å². The SMILES string of the molecule is CC(C)[C@@H]1OCCC[C@@H]1Nc1cc(N2CCC(NC(=O)C3CC3)CC2)ncn1. The molecular weight excluding hydrogens is 354 g/mol. The van der Waals surface area contributed by atoms with Crippen molar-refractivity contribution < 1.29 is 9.53 Å². The third-order valence-corrected chi connectivity index (χ3v) is 6.12. The highest BCUT2D eigenvalue weighted by atomic mass is 16.5. The summed E-state index contributed by atoms with van der Waals surface area (Å²) in [6.45, 7) is 7.09. The van der Waals surface area contributed by atoms with Crippen LogP contribution in [0.3, 0.4) is 0 Å². The van der Waals surface area contributed by atoms with Crippen LogP contribution >= 0.6 is 0 Å². The fraction of sp³-hybridized carbons (Fsp3) is 0.762. The normalized spacial score (nSPS) is 26.3. The van der Waals surface area contributed by atoms with E-state index in [9.17, 15) is 4.79 Å². The Balaban J connectivity index is 1.33. The molecule has 3 aliphatic rings. The van der Waals surface area contributed by atoms with Crippen molar-refractivity contribution in [3.8, 4) is 0 Å². The summed E-state index contributed by atoms with van der Waals surface area (Å²) in [4.78, 5) is 23.2. The van der Waals surface area contributed by atoms with E-state index in [4.69, 9.17) is 4.74 Å². The Morgan fingerprint density at radius 3 is 2.68 bits per heavy atom. The maximum atomic E-state index is 12.0. The number of nitrogens with one attached hydrogen (secondary N) is 2. The van der Waals surface area contributed by atoms with E-state index in [0.29, 0.717) is 18.0 Å². The number of hydrogen-bond acceptors (Lipinski definition) is 6. The molecule has 0 bridgehead atoms. The number of carbonyl (C=O) groups is 1. The summed E-state index contributed by atoms with van der Waals surface area (Å²) in [6, 6.07) is 2.64. The van der Waals surface area contributed by atoms with Crippen LogP contribution < -0.4 is 15.5 Å². The minimum Gasteiger partial charge on any atom is -0.376 e. The first-order valence-corrected chi connectivity index (χ1v) is 10.9. The van der Waals surface area contributed by atoms with Gasteiger partial charge in [0.1, 0.15) is 18.0 Å². The van der Waals surface area contributed by atoms with Crippen LogP contribution in [0, 0.1) is 11.8 Å². The van der Waals surface area contributed by atoms with Gasteiger partial charge in [-0.05, 0) is 44.4 Å². The van der Waals surface area contributed by atoms with Crippen LogP contribution in [0.5, 0.6) is 0 Å². The topological polar surface area (TPSA) is 79.4 Å². The van der Waals surface area contributed by atoms with Crippen molar-refractivity contribution in [1.82, 2.24) is 15.3 Å². The first-order chi connectivity index (χ1) is 13.6. The number of amides is 1. The number of rotatable bonds is 6. The van der Waals surface area contributed by atoms with E-state index in [2.05, 4.69) is 45.4 Å². The molecule has 7 nitrogen and oxygen atoms in total. The molecule has 0 unspecified atom stereocenters. The van der Waals surface area contributed by atoms with Gasteiger partial charge in [0.2, 0.25) is 5.91 Å². The van der Waals surface area contributed by atoms with Crippen LogP contribution in [0.15, 0.2) is 12.4 Å². The molecule has 1 aliphatic carbocycles. The predicted molar refractivity (Wildman–Crippen MR) is 109 cm³/mol. The summed E-state index contributed by atoms with van der Waals surface area (Å²) >= 11 is 0. The summed E-state index contributed by atoms with van der Waals surface area (Å²) < 4.78 is 5.98. The average molecular weight is 388 g/mol. The highest BCUT2D eigenvalue weighted by Gasteiger charge is 2.32. The lowest BCUT2D eigenvalue weighted by molar-refractivity contribution is -0.123. The van der Waals surface area contributed by atoms with E-state index in [-0.39, 0.29) is 17.9 Å². The summed E-state index contributed by atoms with van der Waals surface area (Å²) in [6.07, 6.45) is 8.11. The van der Waals surface area contributed by atoms with Crippen molar-refractivity contribution >= 4 is 17.5 Å². The maximum Gasteiger partial charge on any atom is 0.223 e. The Bertz CT molecular complexity index is 671. The maximum absolute atomic E-state index is 12.0. The van der Waals surface area contributed by atoms with E-state index < -0.39 is 0 Å². The van der Waals surface area contributed by atoms with Crippen LogP contribution in [0.1, 0.15) is 52.4 Å². The van der Waals surface area contributed by atoms with Crippen LogP contribution in [-0.4, -0.2) is 53.8 Å². The molecule has 2 aliphatic heterocycles. The third-order valence-electron chi connectivity index (χ3n) is 6.12. The molecule has 3 heterocycles. The van der Waals surface area contributed by atoms with Crippen LogP contribution in [0.25, 0.3) is 0 Å². The molecule has 28 heavy (non-hydrogen) atoms. The quantitative estimate of drug-likeness (QED) is 0.781. The Hall–Kier alpha value is -1.89. The summed E-state index contributed by atoms with van der Waals surface area (Å²) in [5, 5.41) is 6.80. The fourth-order valence-corrected chi connectivity index (χ4v) is 4.32. The second-order valence-electron chi connectivity index (χ2n) is 8.78. The van der Waals surface area contributed by atoms with Gasteiger partial charge in [0.25, 0.3) is 0 Å². The number of aromatic nitrogens is 2. The van der Waals surface area contributed by atoms with Crippen molar-refractivity contribution in [3.63, 3.8) is 0 Å². The summed E-state index contributed by atoms with van der Waals surface area (Å²) in [5.74, 6) is 2.84. The second kappa shape index (κ2) is 8.64. The summed E-state index contributed by atoms with van der Waals surface area (Å²) in [5.41, 5.74) is 0. The first-order valence-electron chi connectivity index (χ1n) is 10.9. The molecule has 154 valence electrons. The molecular formula is C21H33N5O2. The Morgan fingerprint density at radius 2 is 1.96 bits per heavy atom. The molecule has 2 atom stereocenters. The molecule has 7 heteroatoms. The molecule has 0 aromatic carbocycles. The average Bonchev–Trinajstić information content (AvgIpc) is 3.54. The van der Waals surface area contributed by atoms with Gasteiger partial charge < -0.3 is 20.3 Å². The highest BCUT2D eigenvalue weighted by molar-refractivity contribution is 5.81. The number of nitrogens with zero attached hydrogens (tertiary/aromatic N) is 3. The Morgan fingerprint density at radius 1 is 1.18 bits per heavy atom. The zero-order chi connectivity index (χ0) is 19.5. The number of ether oxygens (including phenoxy) is 1. The van der Waals surface area contributed by atoms with Gasteiger partial charge in [0.15, 0.2) is 0 Å². The number of hydrogen-bond donors (Lipinski definition) is 2. The standard InChI is InChI=1S/C21H33N5O2/c1-14(2)20-17(4-3-11-28-20)25-18-12-19(23-13-22-18)26-9-7-16(8-10-26)24-21(27)15-5-6-15/h12-17,20H,3-11H2,1-2H3,(H,24,27)(H,22,23,25)/t17-,20-/m0/s1. The first kappa shape index (κ1) is 19.4. The molecule has 0 spiro atoms. The largest absolute Gasteiger partial charge is 0.376 e. The van der Waals surface area contributed by atoms with Gasteiger partial charge in [0, 0.05) is 37.7 Å². The molecule has 2 N–H and O–H groups in total. The molecule has 1 saturated carbocycles. The van der Waals surface area contributed by atoms with E-state index in [0.717, 1.165) is 69.9 Å². The van der Waals surface area contributed by atoms with Gasteiger partial charge in [0.05, 0.1) is 12.1 Å². The summed E-state index contributed by atoms with van der Waals surface area (Å²) in [7, 11) is 0. The fourth-order valence-electron chi connectivity index (χ4n) is 4.32. The van der Waals surface area contributed by atoms with Gasteiger partial charge in [-0.1, -0.05) is 13.8 Å². The molecule has 1 aromatic rings. The van der Waals surface area contributed by atoms with Crippen LogP contribution in [0.4, 0.5) is 11.6 Å². The van der Waals surface area contributed by atoms with Crippen molar-refractivity contribution in [2.45, 2.75) is 70.6 Å². The lowest BCUT2D eigenvalue weighted by Crippen LogP contribution is -2.45. The Kier molecular flexibility index (Phi) is 5.99. The van der Waals surface area contributed by atoms with E-state index in [1.165, 1.54) is 0 Å². The molecule has 2 saturated heterocycles. The molecule has 4 rings (SSSR count). The van der Waals surface area contributed by atoms with Crippen LogP contribution in [-0.2, 0) is 9.53 Å². The molecule has 3 fully saturated rings. The lowest BCUT2D eigenvalue weighted by Gasteiger charge is -2.35. The smallest absolute Gasteiger partial charge is 0.223 e. The second-order valence-corrected chi connectivity index (χ2v) is 8.78. The van der Waals surface area contributed by atoms with Crippen molar-refractivity contribution in [1.29, 1.82) is 0 Å². The van der Waals surface area contributed by atoms with Crippen molar-refractivity contribution in [2.24, 2.45) is 11.8 Å². The third kappa shape index (κ3) is 4.74. The highest BCUT2D eigenvalue weighted by Crippen LogP contribution is 2.30. The van der Waals surface area contributed by atoms with Gasteiger partial charge >= 0.3 is 0 Å². The zero-order valence-corrected chi connectivity index (χ0v) is 17.1. The van der Waals surface area contributed by atoms with E-state index in [1.807, 2.05) is 0 Å². The minimum atomic E-state index is 0.220.